The Bertz CT molecular complexity index is 469. The van der Waals surface area contributed by atoms with Gasteiger partial charge in [0.1, 0.15) is 18.5 Å². The quantitative estimate of drug-likeness (QED) is 0.838. The summed E-state index contributed by atoms with van der Waals surface area (Å²) in [5, 5.41) is 0. The molecule has 0 aliphatic rings. The lowest BCUT2D eigenvalue weighted by atomic mass is 10.1. The standard InChI is InChI=1S/C11H13N5/c1-2-3-9-10(15-7-16-11(9)12)8-4-13-6-14-5-8/h4-7H,2-3H2,1H3,(H2,12,15,16). The highest BCUT2D eigenvalue weighted by atomic mass is 14.9. The van der Waals surface area contributed by atoms with Crippen molar-refractivity contribution in [3.8, 4) is 11.3 Å². The molecule has 2 aromatic rings. The minimum Gasteiger partial charge on any atom is -0.383 e. The molecule has 0 aliphatic carbocycles. The van der Waals surface area contributed by atoms with Crippen LogP contribution in [0.3, 0.4) is 0 Å². The Hall–Kier alpha value is -2.04. The molecule has 5 nitrogen and oxygen atoms in total. The Labute approximate surface area is 93.8 Å². The van der Waals surface area contributed by atoms with E-state index in [9.17, 15) is 0 Å². The first kappa shape index (κ1) is 10.5. The molecule has 5 heteroatoms. The summed E-state index contributed by atoms with van der Waals surface area (Å²) in [5.41, 5.74) is 8.53. The maximum absolute atomic E-state index is 5.85. The molecule has 16 heavy (non-hydrogen) atoms. The summed E-state index contributed by atoms with van der Waals surface area (Å²) in [6.07, 6.45) is 8.28. The van der Waals surface area contributed by atoms with E-state index in [1.54, 1.807) is 12.4 Å². The molecule has 2 rings (SSSR count). The van der Waals surface area contributed by atoms with Gasteiger partial charge in [-0.25, -0.2) is 19.9 Å². The van der Waals surface area contributed by atoms with Crippen LogP contribution >= 0.6 is 0 Å². The maximum Gasteiger partial charge on any atom is 0.130 e. The Morgan fingerprint density at radius 3 is 2.56 bits per heavy atom. The lowest BCUT2D eigenvalue weighted by Gasteiger charge is -2.08. The van der Waals surface area contributed by atoms with Crippen LogP contribution in [0.5, 0.6) is 0 Å². The van der Waals surface area contributed by atoms with Gasteiger partial charge in [-0.1, -0.05) is 13.3 Å². The molecule has 0 aliphatic heterocycles. The molecule has 0 aromatic carbocycles. The number of nitrogens with two attached hydrogens (primary N) is 1. The lowest BCUT2D eigenvalue weighted by molar-refractivity contribution is 0.907. The van der Waals surface area contributed by atoms with Crippen LogP contribution in [0.1, 0.15) is 18.9 Å². The SMILES string of the molecule is CCCc1c(N)ncnc1-c1cncnc1. The van der Waals surface area contributed by atoms with Crippen LogP contribution in [0, 0.1) is 0 Å². The van der Waals surface area contributed by atoms with Crippen LogP contribution < -0.4 is 5.73 Å². The Morgan fingerprint density at radius 1 is 1.12 bits per heavy atom. The Kier molecular flexibility index (Phi) is 3.05. The van der Waals surface area contributed by atoms with Crippen LogP contribution in [0.25, 0.3) is 11.3 Å². The van der Waals surface area contributed by atoms with Gasteiger partial charge in [0.05, 0.1) is 5.69 Å². The first-order valence-corrected chi connectivity index (χ1v) is 5.17. The van der Waals surface area contributed by atoms with Crippen molar-refractivity contribution < 1.29 is 0 Å². The van der Waals surface area contributed by atoms with E-state index in [1.165, 1.54) is 12.7 Å². The van der Waals surface area contributed by atoms with Gasteiger partial charge in [-0.05, 0) is 6.42 Å². The smallest absolute Gasteiger partial charge is 0.130 e. The van der Waals surface area contributed by atoms with Gasteiger partial charge in [-0.2, -0.15) is 0 Å². The van der Waals surface area contributed by atoms with Gasteiger partial charge in [0, 0.05) is 23.5 Å². The number of hydrogen-bond donors (Lipinski definition) is 1. The van der Waals surface area contributed by atoms with Gasteiger partial charge in [0.25, 0.3) is 0 Å². The highest BCUT2D eigenvalue weighted by Gasteiger charge is 2.10. The van der Waals surface area contributed by atoms with Crippen molar-refractivity contribution in [2.45, 2.75) is 19.8 Å². The third kappa shape index (κ3) is 1.98. The van der Waals surface area contributed by atoms with E-state index in [0.717, 1.165) is 29.7 Å². The lowest BCUT2D eigenvalue weighted by Crippen LogP contribution is -2.02. The van der Waals surface area contributed by atoms with Crippen molar-refractivity contribution in [2.75, 3.05) is 5.73 Å². The third-order valence-electron chi connectivity index (χ3n) is 2.31. The average molecular weight is 215 g/mol. The van der Waals surface area contributed by atoms with E-state index in [0.29, 0.717) is 5.82 Å². The molecule has 0 saturated carbocycles. The number of nitrogen functional groups attached to an aromatic ring is 1. The van der Waals surface area contributed by atoms with E-state index in [-0.39, 0.29) is 0 Å². The molecule has 0 radical (unpaired) electrons. The van der Waals surface area contributed by atoms with Crippen molar-refractivity contribution in [3.63, 3.8) is 0 Å². The van der Waals surface area contributed by atoms with E-state index < -0.39 is 0 Å². The molecule has 0 saturated heterocycles. The molecule has 0 fully saturated rings. The van der Waals surface area contributed by atoms with E-state index >= 15 is 0 Å². The summed E-state index contributed by atoms with van der Waals surface area (Å²) in [4.78, 5) is 16.2. The van der Waals surface area contributed by atoms with Gasteiger partial charge >= 0.3 is 0 Å². The predicted molar refractivity (Wildman–Crippen MR) is 61.5 cm³/mol. The average Bonchev–Trinajstić information content (AvgIpc) is 2.33. The summed E-state index contributed by atoms with van der Waals surface area (Å²) in [6, 6.07) is 0. The molecule has 2 N–H and O–H groups in total. The van der Waals surface area contributed by atoms with Gasteiger partial charge in [-0.3, -0.25) is 0 Å². The fourth-order valence-corrected chi connectivity index (χ4v) is 1.59. The van der Waals surface area contributed by atoms with Gasteiger partial charge < -0.3 is 5.73 Å². The van der Waals surface area contributed by atoms with Crippen LogP contribution in [0.4, 0.5) is 5.82 Å². The summed E-state index contributed by atoms with van der Waals surface area (Å²) in [7, 11) is 0. The zero-order valence-corrected chi connectivity index (χ0v) is 9.09. The molecular formula is C11H13N5. The number of nitrogens with zero attached hydrogens (tertiary/aromatic N) is 4. The van der Waals surface area contributed by atoms with Crippen molar-refractivity contribution in [1.82, 2.24) is 19.9 Å². The normalized spacial score (nSPS) is 10.3. The number of hydrogen-bond acceptors (Lipinski definition) is 5. The molecule has 0 unspecified atom stereocenters. The monoisotopic (exact) mass is 215 g/mol. The highest BCUT2D eigenvalue weighted by molar-refractivity contribution is 5.65. The summed E-state index contributed by atoms with van der Waals surface area (Å²) >= 11 is 0. The summed E-state index contributed by atoms with van der Waals surface area (Å²) in [5.74, 6) is 0.538. The number of aromatic nitrogens is 4. The maximum atomic E-state index is 5.85. The molecule has 2 aromatic heterocycles. The highest BCUT2D eigenvalue weighted by Crippen LogP contribution is 2.23. The topological polar surface area (TPSA) is 77.6 Å². The van der Waals surface area contributed by atoms with Crippen molar-refractivity contribution >= 4 is 5.82 Å². The van der Waals surface area contributed by atoms with Crippen molar-refractivity contribution in [2.24, 2.45) is 0 Å². The first-order valence-electron chi connectivity index (χ1n) is 5.17. The minimum absolute atomic E-state index is 0.538. The Morgan fingerprint density at radius 2 is 1.88 bits per heavy atom. The number of anilines is 1. The molecule has 2 heterocycles. The Balaban J connectivity index is 2.52. The van der Waals surface area contributed by atoms with Crippen LogP contribution in [0.2, 0.25) is 0 Å². The van der Waals surface area contributed by atoms with Crippen molar-refractivity contribution in [3.05, 3.63) is 30.6 Å². The molecule has 0 amide bonds. The van der Waals surface area contributed by atoms with Crippen LogP contribution in [-0.2, 0) is 6.42 Å². The van der Waals surface area contributed by atoms with Crippen LogP contribution in [-0.4, -0.2) is 19.9 Å². The largest absolute Gasteiger partial charge is 0.383 e. The zero-order valence-electron chi connectivity index (χ0n) is 9.09. The summed E-state index contributed by atoms with van der Waals surface area (Å²) < 4.78 is 0. The predicted octanol–water partition coefficient (Wildman–Crippen LogP) is 1.47. The molecule has 0 atom stereocenters. The number of rotatable bonds is 3. The van der Waals surface area contributed by atoms with Crippen molar-refractivity contribution in [1.29, 1.82) is 0 Å². The van der Waals surface area contributed by atoms with Crippen LogP contribution in [0.15, 0.2) is 25.0 Å². The molecular weight excluding hydrogens is 202 g/mol. The van der Waals surface area contributed by atoms with E-state index in [2.05, 4.69) is 26.9 Å². The minimum atomic E-state index is 0.538. The van der Waals surface area contributed by atoms with Gasteiger partial charge in [0.2, 0.25) is 0 Å². The molecule has 82 valence electrons. The second-order valence-corrected chi connectivity index (χ2v) is 3.46. The molecule has 0 spiro atoms. The fourth-order valence-electron chi connectivity index (χ4n) is 1.59. The van der Waals surface area contributed by atoms with E-state index in [4.69, 9.17) is 5.73 Å². The van der Waals surface area contributed by atoms with E-state index in [1.807, 2.05) is 0 Å². The second kappa shape index (κ2) is 4.65. The van der Waals surface area contributed by atoms with Gasteiger partial charge in [0.15, 0.2) is 0 Å². The third-order valence-corrected chi connectivity index (χ3v) is 2.31. The summed E-state index contributed by atoms with van der Waals surface area (Å²) in [6.45, 7) is 2.09. The zero-order chi connectivity index (χ0) is 11.4. The molecule has 0 bridgehead atoms. The first-order chi connectivity index (χ1) is 7.83. The second-order valence-electron chi connectivity index (χ2n) is 3.46. The fraction of sp³-hybridized carbons (Fsp3) is 0.273. The van der Waals surface area contributed by atoms with Gasteiger partial charge in [-0.15, -0.1) is 0 Å².